The van der Waals surface area contributed by atoms with Crippen LogP contribution in [0.25, 0.3) is 0 Å². The molecule has 98 valence electrons. The summed E-state index contributed by atoms with van der Waals surface area (Å²) in [5.74, 6) is -0.836. The fourth-order valence-corrected chi connectivity index (χ4v) is 2.31. The van der Waals surface area contributed by atoms with Crippen LogP contribution in [-0.2, 0) is 16.1 Å². The first-order valence-electron chi connectivity index (χ1n) is 5.44. The van der Waals surface area contributed by atoms with Crippen LogP contribution in [-0.4, -0.2) is 11.8 Å². The Labute approximate surface area is 116 Å². The number of nitrogens with one attached hydrogen (secondary N) is 1. The molecular weight excluding hydrogens is 275 g/mol. The highest BCUT2D eigenvalue weighted by Gasteiger charge is 2.29. The number of halogens is 2. The lowest BCUT2D eigenvalue weighted by Crippen LogP contribution is -2.39. The minimum Gasteiger partial charge on any atom is -0.326 e. The van der Waals surface area contributed by atoms with Crippen molar-refractivity contribution in [2.45, 2.75) is 25.3 Å². The highest BCUT2D eigenvalue weighted by Crippen LogP contribution is 2.30. The molecule has 3 N–H and O–H groups in total. The van der Waals surface area contributed by atoms with Crippen molar-refractivity contribution < 1.29 is 9.59 Å². The summed E-state index contributed by atoms with van der Waals surface area (Å²) in [7, 11) is 0. The Balaban J connectivity index is 0.00000162. The molecule has 1 fully saturated rings. The van der Waals surface area contributed by atoms with E-state index in [0.717, 1.165) is 11.1 Å². The average Bonchev–Trinajstić information content (AvgIpc) is 2.30. The molecule has 1 atom stereocenters. The Morgan fingerprint density at radius 3 is 2.67 bits per heavy atom. The standard InChI is InChI=1S/C12H13ClN2O2.ClH/c13-10-5-7(6-14)1-2-8(10)9-3-4-11(16)15-12(9)17;/h1-2,5,9H,3-4,6,14H2,(H,15,16,17);1H. The third kappa shape index (κ3) is 3.02. The molecule has 1 aliphatic heterocycles. The fourth-order valence-electron chi connectivity index (χ4n) is 1.97. The van der Waals surface area contributed by atoms with E-state index in [-0.39, 0.29) is 30.1 Å². The van der Waals surface area contributed by atoms with E-state index in [1.165, 1.54) is 0 Å². The van der Waals surface area contributed by atoms with Gasteiger partial charge in [-0.25, -0.2) is 0 Å². The summed E-state index contributed by atoms with van der Waals surface area (Å²) in [6, 6.07) is 5.43. The minimum atomic E-state index is -0.341. The predicted molar refractivity (Wildman–Crippen MR) is 71.7 cm³/mol. The second-order valence-electron chi connectivity index (χ2n) is 4.06. The van der Waals surface area contributed by atoms with Gasteiger partial charge in [-0.2, -0.15) is 0 Å². The molecule has 1 heterocycles. The van der Waals surface area contributed by atoms with Gasteiger partial charge in [0, 0.05) is 18.0 Å². The quantitative estimate of drug-likeness (QED) is 0.815. The monoisotopic (exact) mass is 288 g/mol. The third-order valence-electron chi connectivity index (χ3n) is 2.92. The van der Waals surface area contributed by atoms with Crippen molar-refractivity contribution in [2.24, 2.45) is 5.73 Å². The number of carbonyl (C=O) groups is 2. The Morgan fingerprint density at radius 2 is 2.11 bits per heavy atom. The van der Waals surface area contributed by atoms with Crippen molar-refractivity contribution in [2.75, 3.05) is 0 Å². The molecule has 6 heteroatoms. The van der Waals surface area contributed by atoms with Crippen LogP contribution in [0.4, 0.5) is 0 Å². The third-order valence-corrected chi connectivity index (χ3v) is 3.24. The zero-order chi connectivity index (χ0) is 12.4. The molecule has 1 aromatic carbocycles. The Morgan fingerprint density at radius 1 is 1.39 bits per heavy atom. The van der Waals surface area contributed by atoms with Gasteiger partial charge in [-0.15, -0.1) is 12.4 Å². The number of piperidine rings is 1. The molecule has 0 bridgehead atoms. The van der Waals surface area contributed by atoms with Crippen LogP contribution in [0.15, 0.2) is 18.2 Å². The lowest BCUT2D eigenvalue weighted by molar-refractivity contribution is -0.134. The second-order valence-corrected chi connectivity index (χ2v) is 4.47. The highest BCUT2D eigenvalue weighted by atomic mass is 35.5. The van der Waals surface area contributed by atoms with Crippen molar-refractivity contribution in [1.29, 1.82) is 0 Å². The largest absolute Gasteiger partial charge is 0.326 e. The van der Waals surface area contributed by atoms with E-state index >= 15 is 0 Å². The molecule has 18 heavy (non-hydrogen) atoms. The molecule has 0 saturated carbocycles. The van der Waals surface area contributed by atoms with Crippen molar-refractivity contribution >= 4 is 35.8 Å². The molecule has 0 aliphatic carbocycles. The summed E-state index contributed by atoms with van der Waals surface area (Å²) in [5.41, 5.74) is 7.19. The van der Waals surface area contributed by atoms with Gasteiger partial charge in [-0.05, 0) is 23.6 Å². The van der Waals surface area contributed by atoms with Crippen LogP contribution in [0.3, 0.4) is 0 Å². The van der Waals surface area contributed by atoms with E-state index in [4.69, 9.17) is 17.3 Å². The van der Waals surface area contributed by atoms with E-state index in [0.29, 0.717) is 24.4 Å². The van der Waals surface area contributed by atoms with Gasteiger partial charge in [0.05, 0.1) is 5.92 Å². The van der Waals surface area contributed by atoms with Gasteiger partial charge in [0.2, 0.25) is 11.8 Å². The van der Waals surface area contributed by atoms with Gasteiger partial charge in [-0.1, -0.05) is 23.7 Å². The van der Waals surface area contributed by atoms with Gasteiger partial charge in [-0.3, -0.25) is 14.9 Å². The summed E-state index contributed by atoms with van der Waals surface area (Å²) < 4.78 is 0. The molecule has 4 nitrogen and oxygen atoms in total. The maximum atomic E-state index is 11.7. The van der Waals surface area contributed by atoms with E-state index in [9.17, 15) is 9.59 Å². The normalized spacial score (nSPS) is 19.1. The van der Waals surface area contributed by atoms with E-state index in [1.807, 2.05) is 12.1 Å². The van der Waals surface area contributed by atoms with Gasteiger partial charge in [0.15, 0.2) is 0 Å². The van der Waals surface area contributed by atoms with Gasteiger partial charge in [0.1, 0.15) is 0 Å². The van der Waals surface area contributed by atoms with Crippen LogP contribution < -0.4 is 11.1 Å². The topological polar surface area (TPSA) is 72.2 Å². The van der Waals surface area contributed by atoms with Crippen LogP contribution in [0.5, 0.6) is 0 Å². The zero-order valence-electron chi connectivity index (χ0n) is 9.61. The SMILES string of the molecule is Cl.NCc1ccc(C2CCC(=O)NC2=O)c(Cl)c1. The Hall–Kier alpha value is -1.10. The van der Waals surface area contributed by atoms with Gasteiger partial charge < -0.3 is 5.73 Å². The Kier molecular flexibility index (Phi) is 5.14. The van der Waals surface area contributed by atoms with Crippen LogP contribution in [0.2, 0.25) is 5.02 Å². The molecule has 1 aromatic rings. The van der Waals surface area contributed by atoms with Crippen LogP contribution in [0.1, 0.15) is 29.9 Å². The number of carbonyl (C=O) groups excluding carboxylic acids is 2. The minimum absolute atomic E-state index is 0. The van der Waals surface area contributed by atoms with E-state index < -0.39 is 0 Å². The van der Waals surface area contributed by atoms with Crippen molar-refractivity contribution in [3.05, 3.63) is 34.3 Å². The Bertz CT molecular complexity index is 477. The van der Waals surface area contributed by atoms with Crippen LogP contribution in [0, 0.1) is 0 Å². The summed E-state index contributed by atoms with van der Waals surface area (Å²) >= 11 is 6.12. The summed E-state index contributed by atoms with van der Waals surface area (Å²) in [5, 5.41) is 2.85. The molecule has 0 spiro atoms. The number of amides is 2. The first-order valence-corrected chi connectivity index (χ1v) is 5.81. The van der Waals surface area contributed by atoms with Gasteiger partial charge in [0.25, 0.3) is 0 Å². The highest BCUT2D eigenvalue weighted by molar-refractivity contribution is 6.31. The lowest BCUT2D eigenvalue weighted by Gasteiger charge is -2.22. The smallest absolute Gasteiger partial charge is 0.234 e. The lowest BCUT2D eigenvalue weighted by atomic mass is 9.90. The summed E-state index contributed by atoms with van der Waals surface area (Å²) in [6.45, 7) is 0.412. The molecule has 2 rings (SSSR count). The second kappa shape index (κ2) is 6.18. The summed E-state index contributed by atoms with van der Waals surface area (Å²) in [4.78, 5) is 22.8. The van der Waals surface area contributed by atoms with E-state index in [1.54, 1.807) is 6.07 Å². The molecule has 2 amide bonds. The number of nitrogens with two attached hydrogens (primary N) is 1. The first kappa shape index (κ1) is 15.0. The average molecular weight is 289 g/mol. The molecule has 0 radical (unpaired) electrons. The molecule has 0 aromatic heterocycles. The van der Waals surface area contributed by atoms with E-state index in [2.05, 4.69) is 5.32 Å². The predicted octanol–water partition coefficient (Wildman–Crippen LogP) is 1.74. The molecular formula is C12H14Cl2N2O2. The molecule has 1 aliphatic rings. The molecule has 1 unspecified atom stereocenters. The molecule has 1 saturated heterocycles. The zero-order valence-corrected chi connectivity index (χ0v) is 11.2. The number of imide groups is 1. The number of hydrogen-bond donors (Lipinski definition) is 2. The number of hydrogen-bond acceptors (Lipinski definition) is 3. The van der Waals surface area contributed by atoms with Crippen molar-refractivity contribution in [1.82, 2.24) is 5.32 Å². The number of rotatable bonds is 2. The van der Waals surface area contributed by atoms with Gasteiger partial charge >= 0.3 is 0 Å². The van der Waals surface area contributed by atoms with Crippen molar-refractivity contribution in [3.63, 3.8) is 0 Å². The fraction of sp³-hybridized carbons (Fsp3) is 0.333. The van der Waals surface area contributed by atoms with Crippen LogP contribution >= 0.6 is 24.0 Å². The first-order chi connectivity index (χ1) is 8.11. The summed E-state index contributed by atoms with van der Waals surface area (Å²) in [6.07, 6.45) is 0.859. The maximum Gasteiger partial charge on any atom is 0.234 e. The number of benzene rings is 1. The maximum absolute atomic E-state index is 11.7. The van der Waals surface area contributed by atoms with Crippen molar-refractivity contribution in [3.8, 4) is 0 Å².